The number of furan rings is 1. The largest absolute Gasteiger partial charge is 0.472 e. The molecule has 19 heavy (non-hydrogen) atoms. The Morgan fingerprint density at radius 3 is 3.05 bits per heavy atom. The molecule has 1 fully saturated rings. The summed E-state index contributed by atoms with van der Waals surface area (Å²) in [6, 6.07) is 1.91. The highest BCUT2D eigenvalue weighted by Crippen LogP contribution is 2.41. The molecule has 1 aliphatic heterocycles. The molecule has 1 saturated heterocycles. The second kappa shape index (κ2) is 5.88. The van der Waals surface area contributed by atoms with Gasteiger partial charge in [-0.1, -0.05) is 6.92 Å². The third-order valence-electron chi connectivity index (χ3n) is 3.74. The number of ether oxygens (including phenoxy) is 1. The van der Waals surface area contributed by atoms with E-state index in [9.17, 15) is 4.79 Å². The first-order chi connectivity index (χ1) is 9.02. The zero-order valence-electron chi connectivity index (χ0n) is 11.6. The smallest absolute Gasteiger partial charge is 0.136 e. The highest BCUT2D eigenvalue weighted by atomic mass is 16.5. The predicted molar refractivity (Wildman–Crippen MR) is 70.7 cm³/mol. The lowest BCUT2D eigenvalue weighted by atomic mass is 9.92. The van der Waals surface area contributed by atoms with Crippen LogP contribution >= 0.6 is 0 Å². The summed E-state index contributed by atoms with van der Waals surface area (Å²) in [5, 5.41) is 8.98. The van der Waals surface area contributed by atoms with Crippen LogP contribution in [0.1, 0.15) is 51.2 Å². The molecule has 0 aliphatic carbocycles. The van der Waals surface area contributed by atoms with Crippen LogP contribution in [0.3, 0.4) is 0 Å². The number of Topliss-reactive ketones (excluding diaryl/α,β-unsaturated/α-hetero) is 1. The summed E-state index contributed by atoms with van der Waals surface area (Å²) < 4.78 is 11.1. The van der Waals surface area contributed by atoms with Crippen LogP contribution in [-0.2, 0) is 9.53 Å². The van der Waals surface area contributed by atoms with Gasteiger partial charge in [0.05, 0.1) is 24.2 Å². The van der Waals surface area contributed by atoms with Crippen LogP contribution in [0.15, 0.2) is 23.0 Å². The lowest BCUT2D eigenvalue weighted by molar-refractivity contribution is -0.126. The fourth-order valence-corrected chi connectivity index (χ4v) is 2.66. The van der Waals surface area contributed by atoms with Crippen molar-refractivity contribution in [1.29, 1.82) is 0 Å². The molecule has 1 aliphatic rings. The van der Waals surface area contributed by atoms with Gasteiger partial charge in [-0.15, -0.1) is 0 Å². The number of carbonyl (C=O) groups is 1. The molecule has 0 amide bonds. The van der Waals surface area contributed by atoms with Gasteiger partial charge >= 0.3 is 0 Å². The number of ketones is 1. The minimum absolute atomic E-state index is 0.0298. The van der Waals surface area contributed by atoms with Crippen LogP contribution in [0.25, 0.3) is 0 Å². The van der Waals surface area contributed by atoms with Crippen LogP contribution in [0.5, 0.6) is 0 Å². The Morgan fingerprint density at radius 2 is 2.42 bits per heavy atom. The average molecular weight is 266 g/mol. The summed E-state index contributed by atoms with van der Waals surface area (Å²) in [4.78, 5) is 12.0. The molecule has 2 heterocycles. The van der Waals surface area contributed by atoms with Crippen LogP contribution < -0.4 is 0 Å². The second-order valence-electron chi connectivity index (χ2n) is 5.86. The van der Waals surface area contributed by atoms with E-state index in [1.165, 1.54) is 0 Å². The maximum Gasteiger partial charge on any atom is 0.136 e. The lowest BCUT2D eigenvalue weighted by Gasteiger charge is -2.24. The van der Waals surface area contributed by atoms with Crippen molar-refractivity contribution in [3.63, 3.8) is 0 Å². The summed E-state index contributed by atoms with van der Waals surface area (Å²) in [6.45, 7) is 3.93. The van der Waals surface area contributed by atoms with Crippen molar-refractivity contribution in [3.05, 3.63) is 24.2 Å². The molecule has 4 nitrogen and oxygen atoms in total. The van der Waals surface area contributed by atoms with Crippen molar-refractivity contribution < 1.29 is 19.1 Å². The van der Waals surface area contributed by atoms with Gasteiger partial charge in [-0.05, 0) is 31.7 Å². The quantitative estimate of drug-likeness (QED) is 0.860. The van der Waals surface area contributed by atoms with Crippen molar-refractivity contribution in [2.75, 3.05) is 6.61 Å². The molecule has 0 bridgehead atoms. The normalized spacial score (nSPS) is 28.5. The number of carbonyl (C=O) groups excluding carboxylic acids is 1. The highest BCUT2D eigenvalue weighted by molar-refractivity contribution is 5.79. The minimum atomic E-state index is -0.381. The van der Waals surface area contributed by atoms with Crippen LogP contribution in [0.2, 0.25) is 0 Å². The Balaban J connectivity index is 1.89. The monoisotopic (exact) mass is 266 g/mol. The molecule has 2 rings (SSSR count). The highest BCUT2D eigenvalue weighted by Gasteiger charge is 2.38. The van der Waals surface area contributed by atoms with Gasteiger partial charge < -0.3 is 14.3 Å². The van der Waals surface area contributed by atoms with Gasteiger partial charge in [-0.25, -0.2) is 0 Å². The maximum atomic E-state index is 12.0. The van der Waals surface area contributed by atoms with Gasteiger partial charge in [-0.3, -0.25) is 4.79 Å². The van der Waals surface area contributed by atoms with Gasteiger partial charge in [0.1, 0.15) is 5.78 Å². The topological polar surface area (TPSA) is 59.7 Å². The average Bonchev–Trinajstić information content (AvgIpc) is 2.97. The molecule has 4 heteroatoms. The first-order valence-corrected chi connectivity index (χ1v) is 6.85. The van der Waals surface area contributed by atoms with Crippen molar-refractivity contribution in [2.45, 2.75) is 51.2 Å². The van der Waals surface area contributed by atoms with Crippen molar-refractivity contribution in [2.24, 2.45) is 5.92 Å². The number of aliphatic hydroxyl groups excluding tert-OH is 1. The van der Waals surface area contributed by atoms with E-state index in [0.29, 0.717) is 12.8 Å². The number of rotatable bonds is 6. The summed E-state index contributed by atoms with van der Waals surface area (Å²) in [5.41, 5.74) is 0.661. The van der Waals surface area contributed by atoms with Crippen molar-refractivity contribution in [3.8, 4) is 0 Å². The minimum Gasteiger partial charge on any atom is -0.472 e. The van der Waals surface area contributed by atoms with E-state index in [0.717, 1.165) is 18.4 Å². The van der Waals surface area contributed by atoms with E-state index in [1.54, 1.807) is 12.5 Å². The zero-order chi connectivity index (χ0) is 13.9. The Labute approximate surface area is 113 Å². The molecule has 1 aromatic rings. The van der Waals surface area contributed by atoms with Gasteiger partial charge in [0.25, 0.3) is 0 Å². The van der Waals surface area contributed by atoms with Gasteiger partial charge in [-0.2, -0.15) is 0 Å². The van der Waals surface area contributed by atoms with Gasteiger partial charge in [0.15, 0.2) is 0 Å². The summed E-state index contributed by atoms with van der Waals surface area (Å²) >= 11 is 0. The van der Waals surface area contributed by atoms with Gasteiger partial charge in [0.2, 0.25) is 0 Å². The summed E-state index contributed by atoms with van der Waals surface area (Å²) in [6.07, 6.45) is 6.01. The number of aliphatic hydroxyl groups is 1. The first kappa shape index (κ1) is 14.3. The lowest BCUT2D eigenvalue weighted by Crippen LogP contribution is -2.28. The molecule has 0 saturated carbocycles. The summed E-state index contributed by atoms with van der Waals surface area (Å²) in [5.74, 6) is 0.194. The maximum absolute atomic E-state index is 12.0. The zero-order valence-corrected chi connectivity index (χ0v) is 11.6. The molecule has 0 spiro atoms. The fourth-order valence-electron chi connectivity index (χ4n) is 2.66. The van der Waals surface area contributed by atoms with Crippen LogP contribution in [0, 0.1) is 5.92 Å². The Bertz CT molecular complexity index is 412. The Morgan fingerprint density at radius 1 is 1.63 bits per heavy atom. The van der Waals surface area contributed by atoms with Crippen molar-refractivity contribution in [1.82, 2.24) is 0 Å². The van der Waals surface area contributed by atoms with E-state index in [1.807, 2.05) is 19.9 Å². The second-order valence-corrected chi connectivity index (χ2v) is 5.86. The van der Waals surface area contributed by atoms with Crippen molar-refractivity contribution >= 4 is 5.78 Å². The molecule has 0 radical (unpaired) electrons. The van der Waals surface area contributed by atoms with E-state index in [-0.39, 0.29) is 30.0 Å². The third-order valence-corrected chi connectivity index (χ3v) is 3.74. The molecule has 0 aromatic carbocycles. The molecule has 3 atom stereocenters. The van der Waals surface area contributed by atoms with Crippen LogP contribution in [0.4, 0.5) is 0 Å². The van der Waals surface area contributed by atoms with E-state index in [4.69, 9.17) is 14.3 Å². The van der Waals surface area contributed by atoms with Crippen LogP contribution in [-0.4, -0.2) is 23.1 Å². The SMILES string of the molecule is C[C@@H](CO)CC(=O)C[C@@]1(C)CC[C@@H](c2ccoc2)O1. The molecule has 1 aromatic heterocycles. The Kier molecular flexibility index (Phi) is 4.42. The third kappa shape index (κ3) is 3.67. The fraction of sp³-hybridized carbons (Fsp3) is 0.667. The molecular formula is C15H22O4. The van der Waals surface area contributed by atoms with E-state index in [2.05, 4.69) is 0 Å². The molecule has 0 unspecified atom stereocenters. The van der Waals surface area contributed by atoms with E-state index < -0.39 is 0 Å². The Hall–Kier alpha value is -1.13. The molecular weight excluding hydrogens is 244 g/mol. The first-order valence-electron chi connectivity index (χ1n) is 6.85. The predicted octanol–water partition coefficient (Wildman–Crippen LogP) is 2.87. The molecule has 106 valence electrons. The standard InChI is InChI=1S/C15H22O4/c1-11(9-16)7-13(17)8-15(2)5-3-14(19-15)12-4-6-18-10-12/h4,6,10-11,14,16H,3,5,7-9H2,1-2H3/t11-,14+,15-/m1/s1. The number of hydrogen-bond acceptors (Lipinski definition) is 4. The number of hydrogen-bond donors (Lipinski definition) is 1. The molecule has 1 N–H and O–H groups in total. The van der Waals surface area contributed by atoms with Gasteiger partial charge in [0, 0.05) is 25.0 Å². The van der Waals surface area contributed by atoms with E-state index >= 15 is 0 Å². The summed E-state index contributed by atoms with van der Waals surface area (Å²) in [7, 11) is 0.